The fourth-order valence-electron chi connectivity index (χ4n) is 2.47. The van der Waals surface area contributed by atoms with Gasteiger partial charge in [0, 0.05) is 30.9 Å². The van der Waals surface area contributed by atoms with Crippen molar-refractivity contribution in [2.45, 2.75) is 33.4 Å². The molecule has 0 unspecified atom stereocenters. The van der Waals surface area contributed by atoms with Crippen molar-refractivity contribution in [3.05, 3.63) is 30.0 Å². The number of para-hydroxylation sites is 1. The number of halogens is 1. The van der Waals surface area contributed by atoms with Crippen LogP contribution in [0.5, 0.6) is 0 Å². The second-order valence-electron chi connectivity index (χ2n) is 4.74. The summed E-state index contributed by atoms with van der Waals surface area (Å²) in [6.07, 6.45) is 1.14. The molecule has 0 aliphatic carbocycles. The van der Waals surface area contributed by atoms with Gasteiger partial charge in [-0.1, -0.05) is 25.1 Å². The highest BCUT2D eigenvalue weighted by molar-refractivity contribution is 6.18. The predicted octanol–water partition coefficient (Wildman–Crippen LogP) is 3.51. The number of aryl methyl sites for hydroxylation is 1. The van der Waals surface area contributed by atoms with Crippen LogP contribution in [-0.2, 0) is 13.1 Å². The van der Waals surface area contributed by atoms with Gasteiger partial charge in [0.05, 0.1) is 11.2 Å². The molecule has 1 heterocycles. The van der Waals surface area contributed by atoms with Crippen LogP contribution < -0.4 is 0 Å². The van der Waals surface area contributed by atoms with E-state index < -0.39 is 0 Å². The minimum Gasteiger partial charge on any atom is -0.296 e. The Morgan fingerprint density at radius 2 is 2.00 bits per heavy atom. The molecule has 19 heavy (non-hydrogen) atoms. The Morgan fingerprint density at radius 1 is 1.21 bits per heavy atom. The van der Waals surface area contributed by atoms with Crippen molar-refractivity contribution in [1.29, 1.82) is 0 Å². The molecule has 4 heteroatoms. The van der Waals surface area contributed by atoms with Gasteiger partial charge in [0.2, 0.25) is 0 Å². The average molecular weight is 280 g/mol. The lowest BCUT2D eigenvalue weighted by Crippen LogP contribution is -2.26. The lowest BCUT2D eigenvalue weighted by atomic mass is 10.2. The van der Waals surface area contributed by atoms with E-state index in [1.165, 1.54) is 10.9 Å². The zero-order chi connectivity index (χ0) is 13.7. The van der Waals surface area contributed by atoms with Gasteiger partial charge >= 0.3 is 0 Å². The van der Waals surface area contributed by atoms with Gasteiger partial charge in [0.25, 0.3) is 0 Å². The summed E-state index contributed by atoms with van der Waals surface area (Å²) < 4.78 is 2.08. The Balaban J connectivity index is 2.28. The standard InChI is InChI=1S/C15H22ClN3/c1-3-10-18(11-9-16)12-14-13-7-5-6-8-15(13)19(4-2)17-14/h5-8H,3-4,9-12H2,1-2H3. The molecule has 2 aromatic rings. The molecule has 3 nitrogen and oxygen atoms in total. The summed E-state index contributed by atoms with van der Waals surface area (Å²) >= 11 is 5.88. The Bertz CT molecular complexity index is 515. The monoisotopic (exact) mass is 279 g/mol. The van der Waals surface area contributed by atoms with E-state index >= 15 is 0 Å². The van der Waals surface area contributed by atoms with Crippen LogP contribution in [0.25, 0.3) is 10.9 Å². The lowest BCUT2D eigenvalue weighted by molar-refractivity contribution is 0.279. The first kappa shape index (κ1) is 14.4. The lowest BCUT2D eigenvalue weighted by Gasteiger charge is -2.19. The maximum absolute atomic E-state index is 5.88. The minimum atomic E-state index is 0.673. The van der Waals surface area contributed by atoms with Crippen LogP contribution in [0.2, 0.25) is 0 Å². The summed E-state index contributed by atoms with van der Waals surface area (Å²) in [5, 5.41) is 6.01. The Kier molecular flexibility index (Phi) is 5.23. The van der Waals surface area contributed by atoms with Crippen molar-refractivity contribution in [3.8, 4) is 0 Å². The molecule has 0 aliphatic heterocycles. The third-order valence-electron chi connectivity index (χ3n) is 3.35. The summed E-state index contributed by atoms with van der Waals surface area (Å²) in [6.45, 7) is 8.11. The first-order chi connectivity index (χ1) is 9.30. The van der Waals surface area contributed by atoms with E-state index in [-0.39, 0.29) is 0 Å². The number of hydrogen-bond acceptors (Lipinski definition) is 2. The topological polar surface area (TPSA) is 21.1 Å². The van der Waals surface area contributed by atoms with E-state index in [0.29, 0.717) is 5.88 Å². The van der Waals surface area contributed by atoms with Crippen LogP contribution in [0, 0.1) is 0 Å². The van der Waals surface area contributed by atoms with Gasteiger partial charge in [0.15, 0.2) is 0 Å². The maximum atomic E-state index is 5.88. The molecule has 0 atom stereocenters. The van der Waals surface area contributed by atoms with Crippen LogP contribution in [0.3, 0.4) is 0 Å². The minimum absolute atomic E-state index is 0.673. The average Bonchev–Trinajstić information content (AvgIpc) is 2.78. The van der Waals surface area contributed by atoms with Gasteiger partial charge in [-0.3, -0.25) is 9.58 Å². The fraction of sp³-hybridized carbons (Fsp3) is 0.533. The molecule has 104 valence electrons. The van der Waals surface area contributed by atoms with E-state index in [1.54, 1.807) is 0 Å². The molecule has 0 saturated heterocycles. The molecule has 2 rings (SSSR count). The Morgan fingerprint density at radius 3 is 2.68 bits per heavy atom. The predicted molar refractivity (Wildman–Crippen MR) is 81.7 cm³/mol. The largest absolute Gasteiger partial charge is 0.296 e. The Labute approximate surface area is 120 Å². The van der Waals surface area contributed by atoms with Crippen molar-refractivity contribution < 1.29 is 0 Å². The van der Waals surface area contributed by atoms with E-state index in [1.807, 2.05) is 0 Å². The first-order valence-electron chi connectivity index (χ1n) is 7.02. The maximum Gasteiger partial charge on any atom is 0.0843 e. The third-order valence-corrected chi connectivity index (χ3v) is 3.52. The molecule has 0 radical (unpaired) electrons. The van der Waals surface area contributed by atoms with Crippen molar-refractivity contribution in [2.75, 3.05) is 19.0 Å². The number of nitrogens with zero attached hydrogens (tertiary/aromatic N) is 3. The van der Waals surface area contributed by atoms with Crippen molar-refractivity contribution >= 4 is 22.5 Å². The number of alkyl halides is 1. The number of rotatable bonds is 7. The number of hydrogen-bond donors (Lipinski definition) is 0. The van der Waals surface area contributed by atoms with Crippen LogP contribution in [0.15, 0.2) is 24.3 Å². The molecular formula is C15H22ClN3. The number of benzene rings is 1. The summed E-state index contributed by atoms with van der Waals surface area (Å²) in [5.74, 6) is 0.673. The van der Waals surface area contributed by atoms with Crippen molar-refractivity contribution in [3.63, 3.8) is 0 Å². The molecule has 0 aliphatic rings. The molecule has 0 N–H and O–H groups in total. The van der Waals surface area contributed by atoms with Gasteiger partial charge in [-0.05, 0) is 26.0 Å². The molecule has 0 amide bonds. The van der Waals surface area contributed by atoms with E-state index in [2.05, 4.69) is 47.7 Å². The van der Waals surface area contributed by atoms with Crippen LogP contribution in [0.1, 0.15) is 26.0 Å². The zero-order valence-corrected chi connectivity index (χ0v) is 12.5. The van der Waals surface area contributed by atoms with Crippen LogP contribution >= 0.6 is 11.6 Å². The summed E-state index contributed by atoms with van der Waals surface area (Å²) in [7, 11) is 0. The highest BCUT2D eigenvalue weighted by Gasteiger charge is 2.12. The highest BCUT2D eigenvalue weighted by Crippen LogP contribution is 2.19. The van der Waals surface area contributed by atoms with Crippen molar-refractivity contribution in [1.82, 2.24) is 14.7 Å². The molecule has 1 aromatic heterocycles. The van der Waals surface area contributed by atoms with E-state index in [4.69, 9.17) is 16.7 Å². The smallest absolute Gasteiger partial charge is 0.0843 e. The van der Waals surface area contributed by atoms with E-state index in [0.717, 1.165) is 38.3 Å². The third kappa shape index (κ3) is 3.28. The van der Waals surface area contributed by atoms with E-state index in [9.17, 15) is 0 Å². The SMILES string of the molecule is CCCN(CCCl)Cc1nn(CC)c2ccccc12. The Hall–Kier alpha value is -1.06. The highest BCUT2D eigenvalue weighted by atomic mass is 35.5. The quantitative estimate of drug-likeness (QED) is 0.723. The van der Waals surface area contributed by atoms with Gasteiger partial charge < -0.3 is 0 Å². The molecular weight excluding hydrogens is 258 g/mol. The molecule has 0 fully saturated rings. The normalized spacial score (nSPS) is 11.6. The van der Waals surface area contributed by atoms with Crippen LogP contribution in [-0.4, -0.2) is 33.6 Å². The number of fused-ring (bicyclic) bond motifs is 1. The summed E-state index contributed by atoms with van der Waals surface area (Å²) in [5.41, 5.74) is 2.39. The number of aromatic nitrogens is 2. The molecule has 1 aromatic carbocycles. The fourth-order valence-corrected chi connectivity index (χ4v) is 2.71. The second-order valence-corrected chi connectivity index (χ2v) is 5.12. The van der Waals surface area contributed by atoms with Crippen molar-refractivity contribution in [2.24, 2.45) is 0 Å². The van der Waals surface area contributed by atoms with Gasteiger partial charge in [-0.2, -0.15) is 5.10 Å². The van der Waals surface area contributed by atoms with Crippen LogP contribution in [0.4, 0.5) is 0 Å². The molecule has 0 bridgehead atoms. The first-order valence-corrected chi connectivity index (χ1v) is 7.56. The molecule has 0 saturated carbocycles. The van der Waals surface area contributed by atoms with Gasteiger partial charge in [-0.25, -0.2) is 0 Å². The zero-order valence-electron chi connectivity index (χ0n) is 11.8. The second kappa shape index (κ2) is 6.92. The summed E-state index contributed by atoms with van der Waals surface area (Å²) in [4.78, 5) is 2.38. The molecule has 0 spiro atoms. The van der Waals surface area contributed by atoms with Gasteiger partial charge in [0.1, 0.15) is 0 Å². The summed E-state index contributed by atoms with van der Waals surface area (Å²) in [6, 6.07) is 8.46. The van der Waals surface area contributed by atoms with Gasteiger partial charge in [-0.15, -0.1) is 11.6 Å².